The number of halogens is 7. The van der Waals surface area contributed by atoms with Crippen molar-refractivity contribution >= 4 is 11.7 Å². The molecular formula is C20H17F7N2O3. The lowest BCUT2D eigenvalue weighted by Gasteiger charge is -2.38. The van der Waals surface area contributed by atoms with E-state index in [0.717, 1.165) is 29.6 Å². The van der Waals surface area contributed by atoms with Crippen LogP contribution in [-0.2, 0) is 6.54 Å². The molecule has 12 heteroatoms. The third kappa shape index (κ3) is 4.39. The zero-order valence-electron chi connectivity index (χ0n) is 16.5. The second kappa shape index (κ2) is 8.40. The van der Waals surface area contributed by atoms with E-state index in [1.807, 2.05) is 0 Å². The summed E-state index contributed by atoms with van der Waals surface area (Å²) in [4.78, 5) is 13.5. The molecule has 0 bridgehead atoms. The number of carbonyl (C=O) groups is 1. The Morgan fingerprint density at radius 1 is 0.969 bits per heavy atom. The lowest BCUT2D eigenvalue weighted by atomic mass is 9.94. The average molecular weight is 466 g/mol. The number of ether oxygens (including phenoxy) is 2. The van der Waals surface area contributed by atoms with Crippen LogP contribution in [0.2, 0.25) is 0 Å². The molecular weight excluding hydrogens is 449 g/mol. The van der Waals surface area contributed by atoms with Gasteiger partial charge >= 0.3 is 18.4 Å². The van der Waals surface area contributed by atoms with Gasteiger partial charge in [-0.2, -0.15) is 26.3 Å². The molecule has 0 unspecified atom stereocenters. The first-order valence-electron chi connectivity index (χ1n) is 9.25. The molecule has 1 aliphatic heterocycles. The Morgan fingerprint density at radius 2 is 1.56 bits per heavy atom. The van der Waals surface area contributed by atoms with Crippen LogP contribution >= 0.6 is 0 Å². The molecule has 2 amide bonds. The molecule has 5 nitrogen and oxygen atoms in total. The van der Waals surface area contributed by atoms with Gasteiger partial charge in [-0.05, 0) is 48.4 Å². The fourth-order valence-electron chi connectivity index (χ4n) is 3.17. The normalized spacial score (nSPS) is 13.8. The fourth-order valence-corrected chi connectivity index (χ4v) is 3.17. The molecule has 0 aromatic heterocycles. The van der Waals surface area contributed by atoms with E-state index in [-0.39, 0.29) is 12.5 Å². The van der Waals surface area contributed by atoms with Gasteiger partial charge in [0.05, 0.1) is 6.54 Å². The Morgan fingerprint density at radius 3 is 2.12 bits per heavy atom. The van der Waals surface area contributed by atoms with Crippen LogP contribution in [-0.4, -0.2) is 30.7 Å². The van der Waals surface area contributed by atoms with Gasteiger partial charge in [0.25, 0.3) is 0 Å². The highest BCUT2D eigenvalue weighted by atomic mass is 19.4. The minimum atomic E-state index is -5.82. The molecule has 2 aromatic carbocycles. The molecule has 0 radical (unpaired) electrons. The largest absolute Gasteiger partial charge is 0.454 e. The van der Waals surface area contributed by atoms with E-state index in [1.165, 1.54) is 18.2 Å². The van der Waals surface area contributed by atoms with Gasteiger partial charge < -0.3 is 14.8 Å². The molecule has 2 aromatic rings. The molecule has 0 spiro atoms. The summed E-state index contributed by atoms with van der Waals surface area (Å²) in [6, 6.07) is 6.72. The average Bonchev–Trinajstić information content (AvgIpc) is 3.16. The summed E-state index contributed by atoms with van der Waals surface area (Å²) < 4.78 is 105. The highest BCUT2D eigenvalue weighted by molar-refractivity contribution is 5.92. The van der Waals surface area contributed by atoms with Crippen molar-refractivity contribution in [3.05, 3.63) is 53.8 Å². The van der Waals surface area contributed by atoms with E-state index in [1.54, 1.807) is 0 Å². The van der Waals surface area contributed by atoms with Crippen LogP contribution in [0.3, 0.4) is 0 Å². The Labute approximate surface area is 177 Å². The van der Waals surface area contributed by atoms with E-state index >= 15 is 0 Å². The highest BCUT2D eigenvalue weighted by Gasteiger charge is 2.70. The molecule has 32 heavy (non-hydrogen) atoms. The number of nitrogens with one attached hydrogen (secondary N) is 1. The number of hydrogen-bond acceptors (Lipinski definition) is 3. The number of rotatable bonds is 5. The lowest BCUT2D eigenvalue weighted by molar-refractivity contribution is -0.304. The molecule has 0 aliphatic carbocycles. The maximum Gasteiger partial charge on any atom is 0.420 e. The summed E-state index contributed by atoms with van der Waals surface area (Å²) in [6.07, 6.45) is -13.1. The van der Waals surface area contributed by atoms with Gasteiger partial charge in [-0.3, -0.25) is 4.90 Å². The van der Waals surface area contributed by atoms with Crippen molar-refractivity contribution in [2.45, 2.75) is 37.8 Å². The summed E-state index contributed by atoms with van der Waals surface area (Å²) in [5, 5.41) is 1.13. The summed E-state index contributed by atoms with van der Waals surface area (Å²) in [5.41, 5.74) is -4.25. The van der Waals surface area contributed by atoms with E-state index in [9.17, 15) is 35.5 Å². The van der Waals surface area contributed by atoms with Crippen molar-refractivity contribution in [3.63, 3.8) is 0 Å². The van der Waals surface area contributed by atoms with Crippen molar-refractivity contribution in [1.29, 1.82) is 0 Å². The minimum Gasteiger partial charge on any atom is -0.454 e. The molecule has 1 N–H and O–H groups in total. The SMILES string of the molecule is CCC(NC(=O)N(Cc1ccc2c(c1)OCO2)c1ccc(F)cc1)(C(F)(F)F)C(F)(F)F. The molecule has 174 valence electrons. The summed E-state index contributed by atoms with van der Waals surface area (Å²) in [5.74, 6) is -0.00759. The third-order valence-electron chi connectivity index (χ3n) is 4.98. The molecule has 0 fully saturated rings. The fraction of sp³-hybridized carbons (Fsp3) is 0.350. The van der Waals surface area contributed by atoms with Gasteiger partial charge in [-0.1, -0.05) is 13.0 Å². The molecule has 0 saturated heterocycles. The van der Waals surface area contributed by atoms with Crippen LogP contribution in [0.15, 0.2) is 42.5 Å². The quantitative estimate of drug-likeness (QED) is 0.589. The number of hydrogen-bond donors (Lipinski definition) is 1. The van der Waals surface area contributed by atoms with Gasteiger partial charge in [-0.15, -0.1) is 0 Å². The smallest absolute Gasteiger partial charge is 0.420 e. The maximum absolute atomic E-state index is 13.5. The second-order valence-electron chi connectivity index (χ2n) is 6.93. The Bertz CT molecular complexity index is 961. The second-order valence-corrected chi connectivity index (χ2v) is 6.93. The van der Waals surface area contributed by atoms with Crippen LogP contribution in [0.4, 0.5) is 41.2 Å². The van der Waals surface area contributed by atoms with Crippen LogP contribution < -0.4 is 19.7 Å². The van der Waals surface area contributed by atoms with Gasteiger partial charge in [0.15, 0.2) is 11.5 Å². The number of nitrogens with zero attached hydrogens (tertiary/aromatic N) is 1. The van der Waals surface area contributed by atoms with Crippen molar-refractivity contribution in [2.24, 2.45) is 0 Å². The molecule has 3 rings (SSSR count). The van der Waals surface area contributed by atoms with Crippen LogP contribution in [0, 0.1) is 5.82 Å². The molecule has 0 atom stereocenters. The van der Waals surface area contributed by atoms with E-state index < -0.39 is 42.7 Å². The summed E-state index contributed by atoms with van der Waals surface area (Å²) >= 11 is 0. The minimum absolute atomic E-state index is 0.0584. The van der Waals surface area contributed by atoms with Crippen LogP contribution in [0.1, 0.15) is 18.9 Å². The Hall–Kier alpha value is -3.18. The predicted octanol–water partition coefficient (Wildman–Crippen LogP) is 5.54. The van der Waals surface area contributed by atoms with Gasteiger partial charge in [0.2, 0.25) is 12.3 Å². The summed E-state index contributed by atoms with van der Waals surface area (Å²) in [7, 11) is 0. The maximum atomic E-state index is 13.5. The molecule has 0 saturated carbocycles. The van der Waals surface area contributed by atoms with Gasteiger partial charge in [0, 0.05) is 5.69 Å². The van der Waals surface area contributed by atoms with E-state index in [4.69, 9.17) is 9.47 Å². The zero-order chi connectivity index (χ0) is 23.7. The van der Waals surface area contributed by atoms with Crippen molar-refractivity contribution < 1.29 is 45.0 Å². The first-order chi connectivity index (χ1) is 14.9. The number of urea groups is 1. The van der Waals surface area contributed by atoms with E-state index in [0.29, 0.717) is 28.9 Å². The van der Waals surface area contributed by atoms with Gasteiger partial charge in [-0.25, -0.2) is 9.18 Å². The molecule has 1 heterocycles. The lowest BCUT2D eigenvalue weighted by Crippen LogP contribution is -2.68. The number of benzene rings is 2. The third-order valence-corrected chi connectivity index (χ3v) is 4.98. The van der Waals surface area contributed by atoms with Crippen molar-refractivity contribution in [3.8, 4) is 11.5 Å². The first-order valence-corrected chi connectivity index (χ1v) is 9.25. The van der Waals surface area contributed by atoms with Crippen LogP contribution in [0.25, 0.3) is 0 Å². The van der Waals surface area contributed by atoms with Crippen molar-refractivity contribution in [2.75, 3.05) is 11.7 Å². The Kier molecular flexibility index (Phi) is 6.16. The highest BCUT2D eigenvalue weighted by Crippen LogP contribution is 2.45. The topological polar surface area (TPSA) is 50.8 Å². The zero-order valence-corrected chi connectivity index (χ0v) is 16.5. The number of carbonyl (C=O) groups excluding carboxylic acids is 1. The number of alkyl halides is 6. The molecule has 1 aliphatic rings. The summed E-state index contributed by atoms with van der Waals surface area (Å²) in [6.45, 7) is 0.183. The standard InChI is InChI=1S/C20H17F7N2O3/c1-2-18(19(22,23)24,20(25,26)27)28-17(30)29(14-6-4-13(21)5-7-14)10-12-3-8-15-16(9-12)32-11-31-15/h3-9H,2,10-11H2,1H3,(H,28,30). The Balaban J connectivity index is 1.99. The van der Waals surface area contributed by atoms with Gasteiger partial charge in [0.1, 0.15) is 5.82 Å². The monoisotopic (exact) mass is 466 g/mol. The number of amides is 2. The number of anilines is 1. The predicted molar refractivity (Wildman–Crippen MR) is 98.8 cm³/mol. The number of fused-ring (bicyclic) bond motifs is 1. The van der Waals surface area contributed by atoms with Crippen LogP contribution in [0.5, 0.6) is 11.5 Å². The van der Waals surface area contributed by atoms with Crippen molar-refractivity contribution in [1.82, 2.24) is 5.32 Å². The van der Waals surface area contributed by atoms with E-state index in [2.05, 4.69) is 0 Å². The first kappa shape index (κ1) is 23.5.